The first-order chi connectivity index (χ1) is 5.70. The van der Waals surface area contributed by atoms with Crippen molar-refractivity contribution in [2.75, 3.05) is 7.11 Å². The van der Waals surface area contributed by atoms with Gasteiger partial charge in [-0.2, -0.15) is 0 Å². The van der Waals surface area contributed by atoms with Crippen LogP contribution in [-0.4, -0.2) is 12.2 Å². The van der Waals surface area contributed by atoms with Gasteiger partial charge in [-0.3, -0.25) is 0 Å². The Labute approximate surface area is 69.9 Å². The average molecular weight is 168 g/mol. The molecule has 1 aromatic carbocycles. The van der Waals surface area contributed by atoms with Crippen molar-refractivity contribution >= 4 is 6.08 Å². The summed E-state index contributed by atoms with van der Waals surface area (Å²) in [5.41, 5.74) is 0.0642. The summed E-state index contributed by atoms with van der Waals surface area (Å²) < 4.78 is 17.9. The third-order valence-electron chi connectivity index (χ3n) is 1.55. The number of aromatic hydroxyl groups is 1. The van der Waals surface area contributed by atoms with Crippen molar-refractivity contribution in [3.05, 3.63) is 30.1 Å². The lowest BCUT2D eigenvalue weighted by atomic mass is 10.2. The highest BCUT2D eigenvalue weighted by Gasteiger charge is 2.09. The van der Waals surface area contributed by atoms with Crippen LogP contribution in [0.4, 0.5) is 4.39 Å². The molecule has 0 saturated carbocycles. The zero-order valence-corrected chi connectivity index (χ0v) is 6.67. The number of hydrogen-bond acceptors (Lipinski definition) is 2. The first-order valence-corrected chi connectivity index (χ1v) is 3.38. The number of methoxy groups -OCH3 is 1. The third-order valence-corrected chi connectivity index (χ3v) is 1.55. The summed E-state index contributed by atoms with van der Waals surface area (Å²) in [5, 5.41) is 9.14. The molecule has 0 fully saturated rings. The molecule has 1 N–H and O–H groups in total. The molecule has 0 aliphatic carbocycles. The van der Waals surface area contributed by atoms with Crippen LogP contribution in [0.3, 0.4) is 0 Å². The molecule has 0 spiro atoms. The summed E-state index contributed by atoms with van der Waals surface area (Å²) in [5.74, 6) is -0.626. The minimum Gasteiger partial charge on any atom is -0.507 e. The number of phenolic OH excluding ortho intramolecular Hbond substituents is 1. The first-order valence-electron chi connectivity index (χ1n) is 3.38. The highest BCUT2D eigenvalue weighted by Crippen LogP contribution is 2.28. The third kappa shape index (κ3) is 1.25. The Bertz CT molecular complexity index is 308. The van der Waals surface area contributed by atoms with E-state index in [9.17, 15) is 4.39 Å². The monoisotopic (exact) mass is 168 g/mol. The molecule has 0 amide bonds. The number of hydrogen-bond donors (Lipinski definition) is 1. The van der Waals surface area contributed by atoms with Gasteiger partial charge in [0.1, 0.15) is 5.75 Å². The molecule has 0 aliphatic heterocycles. The van der Waals surface area contributed by atoms with Gasteiger partial charge in [0.2, 0.25) is 0 Å². The van der Waals surface area contributed by atoms with E-state index < -0.39 is 5.82 Å². The van der Waals surface area contributed by atoms with Gasteiger partial charge in [0.25, 0.3) is 0 Å². The van der Waals surface area contributed by atoms with Gasteiger partial charge in [0.05, 0.1) is 12.7 Å². The van der Waals surface area contributed by atoms with Gasteiger partial charge < -0.3 is 9.84 Å². The van der Waals surface area contributed by atoms with Crippen molar-refractivity contribution < 1.29 is 14.2 Å². The van der Waals surface area contributed by atoms with Crippen LogP contribution in [-0.2, 0) is 0 Å². The van der Waals surface area contributed by atoms with Gasteiger partial charge in [-0.05, 0) is 12.1 Å². The molecule has 1 rings (SSSR count). The van der Waals surface area contributed by atoms with Crippen LogP contribution in [0.2, 0.25) is 0 Å². The molecule has 0 saturated heterocycles. The summed E-state index contributed by atoms with van der Waals surface area (Å²) in [6.45, 7) is 3.37. The molecule has 64 valence electrons. The van der Waals surface area contributed by atoms with E-state index in [1.807, 2.05) is 0 Å². The van der Waals surface area contributed by atoms with Crippen LogP contribution in [0.15, 0.2) is 18.7 Å². The molecule has 1 aromatic rings. The second-order valence-electron chi connectivity index (χ2n) is 2.22. The highest BCUT2D eigenvalue weighted by molar-refractivity contribution is 5.58. The minimum absolute atomic E-state index is 0.0642. The first kappa shape index (κ1) is 8.59. The van der Waals surface area contributed by atoms with Gasteiger partial charge in [0, 0.05) is 0 Å². The van der Waals surface area contributed by atoms with Crippen LogP contribution in [0.1, 0.15) is 5.56 Å². The molecule has 0 bridgehead atoms. The van der Waals surface area contributed by atoms with Crippen molar-refractivity contribution in [3.8, 4) is 11.5 Å². The highest BCUT2D eigenvalue weighted by atomic mass is 19.1. The number of phenols is 1. The Kier molecular flexibility index (Phi) is 2.33. The number of ether oxygens (including phenoxy) is 1. The topological polar surface area (TPSA) is 29.5 Å². The van der Waals surface area contributed by atoms with E-state index in [-0.39, 0.29) is 17.1 Å². The van der Waals surface area contributed by atoms with E-state index in [1.165, 1.54) is 25.3 Å². The van der Waals surface area contributed by atoms with E-state index in [1.54, 1.807) is 0 Å². The van der Waals surface area contributed by atoms with Crippen molar-refractivity contribution in [2.24, 2.45) is 0 Å². The molecule has 0 aliphatic rings. The van der Waals surface area contributed by atoms with Gasteiger partial charge in [-0.25, -0.2) is 4.39 Å². The summed E-state index contributed by atoms with van der Waals surface area (Å²) in [4.78, 5) is 0. The van der Waals surface area contributed by atoms with E-state index >= 15 is 0 Å². The van der Waals surface area contributed by atoms with E-state index in [0.717, 1.165) is 0 Å². The summed E-state index contributed by atoms with van der Waals surface area (Å²) in [7, 11) is 1.36. The molecule has 0 radical (unpaired) electrons. The lowest BCUT2D eigenvalue weighted by molar-refractivity contribution is 0.381. The van der Waals surface area contributed by atoms with Gasteiger partial charge >= 0.3 is 0 Å². The van der Waals surface area contributed by atoms with Crippen LogP contribution in [0.5, 0.6) is 11.5 Å². The zero-order valence-electron chi connectivity index (χ0n) is 6.67. The maximum Gasteiger partial charge on any atom is 0.175 e. The lowest BCUT2D eigenvalue weighted by Gasteiger charge is -2.05. The van der Waals surface area contributed by atoms with E-state index in [4.69, 9.17) is 9.84 Å². The Hall–Kier alpha value is -1.51. The normalized spacial score (nSPS) is 9.50. The fourth-order valence-corrected chi connectivity index (χ4v) is 0.915. The zero-order chi connectivity index (χ0) is 9.14. The number of rotatable bonds is 2. The number of benzene rings is 1. The molecular formula is C9H9FO2. The molecule has 0 aromatic heterocycles. The molecule has 0 unspecified atom stereocenters. The SMILES string of the molecule is C=Cc1c(O)ccc(OC)c1F. The average Bonchev–Trinajstić information content (AvgIpc) is 2.06. The van der Waals surface area contributed by atoms with Gasteiger partial charge in [0.15, 0.2) is 11.6 Å². The molecule has 0 heterocycles. The lowest BCUT2D eigenvalue weighted by Crippen LogP contribution is -1.90. The van der Waals surface area contributed by atoms with Crippen molar-refractivity contribution in [1.29, 1.82) is 0 Å². The smallest absolute Gasteiger partial charge is 0.175 e. The van der Waals surface area contributed by atoms with Crippen LogP contribution >= 0.6 is 0 Å². The predicted molar refractivity (Wildman–Crippen MR) is 44.7 cm³/mol. The van der Waals surface area contributed by atoms with Crippen LogP contribution < -0.4 is 4.74 Å². The number of halogens is 1. The Morgan fingerprint density at radius 1 is 1.58 bits per heavy atom. The van der Waals surface area contributed by atoms with E-state index in [2.05, 4.69) is 6.58 Å². The second-order valence-corrected chi connectivity index (χ2v) is 2.22. The Morgan fingerprint density at radius 3 is 2.75 bits per heavy atom. The maximum absolute atomic E-state index is 13.2. The predicted octanol–water partition coefficient (Wildman–Crippen LogP) is 2.18. The van der Waals surface area contributed by atoms with Crippen LogP contribution in [0.25, 0.3) is 6.08 Å². The van der Waals surface area contributed by atoms with Crippen molar-refractivity contribution in [2.45, 2.75) is 0 Å². The molecular weight excluding hydrogens is 159 g/mol. The van der Waals surface area contributed by atoms with Gasteiger partial charge in [-0.1, -0.05) is 12.7 Å². The van der Waals surface area contributed by atoms with E-state index in [0.29, 0.717) is 0 Å². The van der Waals surface area contributed by atoms with Crippen molar-refractivity contribution in [3.63, 3.8) is 0 Å². The Morgan fingerprint density at radius 2 is 2.25 bits per heavy atom. The Balaban J connectivity index is 3.33. The van der Waals surface area contributed by atoms with Crippen molar-refractivity contribution in [1.82, 2.24) is 0 Å². The summed E-state index contributed by atoms with van der Waals surface area (Å²) in [6.07, 6.45) is 1.24. The summed E-state index contributed by atoms with van der Waals surface area (Å²) in [6, 6.07) is 2.72. The fraction of sp³-hybridized carbons (Fsp3) is 0.111. The summed E-state index contributed by atoms with van der Waals surface area (Å²) >= 11 is 0. The van der Waals surface area contributed by atoms with Gasteiger partial charge in [-0.15, -0.1) is 0 Å². The standard InChI is InChI=1S/C9H9FO2/c1-3-6-7(11)4-5-8(12-2)9(6)10/h3-5,11H,1H2,2H3. The maximum atomic E-state index is 13.2. The quantitative estimate of drug-likeness (QED) is 0.733. The second kappa shape index (κ2) is 3.26. The largest absolute Gasteiger partial charge is 0.507 e. The fourth-order valence-electron chi connectivity index (χ4n) is 0.915. The minimum atomic E-state index is -0.590. The van der Waals surface area contributed by atoms with Crippen LogP contribution in [0, 0.1) is 5.82 Å². The molecule has 3 heteroatoms. The molecule has 0 atom stereocenters. The molecule has 12 heavy (non-hydrogen) atoms. The molecule has 2 nitrogen and oxygen atoms in total.